The molecule has 1 aliphatic rings. The number of nitrogens with one attached hydrogen (secondary N) is 2. The molecule has 1 saturated carbocycles. The van der Waals surface area contributed by atoms with E-state index in [2.05, 4.69) is 10.0 Å². The smallest absolute Gasteiger partial charge is 0.326 e. The van der Waals surface area contributed by atoms with E-state index in [-0.39, 0.29) is 17.9 Å². The van der Waals surface area contributed by atoms with Crippen molar-refractivity contribution >= 4 is 32.7 Å². The Hall–Kier alpha value is -2.45. The van der Waals surface area contributed by atoms with Gasteiger partial charge in [-0.2, -0.15) is 0 Å². The predicted octanol–water partition coefficient (Wildman–Crippen LogP) is 1.88. The first-order valence-corrected chi connectivity index (χ1v) is 10.3. The summed E-state index contributed by atoms with van der Waals surface area (Å²) in [6.45, 7) is -0.100. The summed E-state index contributed by atoms with van der Waals surface area (Å²) in [5.41, 5.74) is 0. The minimum atomic E-state index is -3.75. The van der Waals surface area contributed by atoms with Gasteiger partial charge in [0.2, 0.25) is 15.9 Å². The predicted molar refractivity (Wildman–Crippen MR) is 101 cm³/mol. The molecule has 8 heteroatoms. The first-order valence-electron chi connectivity index (χ1n) is 8.86. The van der Waals surface area contributed by atoms with Gasteiger partial charge in [-0.15, -0.1) is 0 Å². The Labute approximate surface area is 157 Å². The Morgan fingerprint density at radius 2 is 1.81 bits per heavy atom. The molecule has 3 N–H and O–H groups in total. The van der Waals surface area contributed by atoms with Gasteiger partial charge in [0.25, 0.3) is 0 Å². The van der Waals surface area contributed by atoms with Crippen molar-refractivity contribution in [1.82, 2.24) is 10.0 Å². The van der Waals surface area contributed by atoms with Crippen molar-refractivity contribution in [1.29, 1.82) is 0 Å². The first kappa shape index (κ1) is 19.3. The van der Waals surface area contributed by atoms with Gasteiger partial charge in [0, 0.05) is 13.0 Å². The fraction of sp³-hybridized carbons (Fsp3) is 0.368. The second kappa shape index (κ2) is 8.06. The van der Waals surface area contributed by atoms with E-state index in [4.69, 9.17) is 5.11 Å². The van der Waals surface area contributed by atoms with Gasteiger partial charge in [0.05, 0.1) is 4.90 Å². The van der Waals surface area contributed by atoms with E-state index < -0.39 is 27.9 Å². The third-order valence-electron chi connectivity index (χ3n) is 4.57. The normalized spacial score (nSPS) is 15.4. The van der Waals surface area contributed by atoms with E-state index >= 15 is 0 Å². The molecule has 27 heavy (non-hydrogen) atoms. The Morgan fingerprint density at radius 1 is 1.11 bits per heavy atom. The lowest BCUT2D eigenvalue weighted by atomic mass is 10.1. The molecule has 0 heterocycles. The van der Waals surface area contributed by atoms with Crippen LogP contribution >= 0.6 is 0 Å². The summed E-state index contributed by atoms with van der Waals surface area (Å²) < 4.78 is 27.2. The van der Waals surface area contributed by atoms with Crippen LogP contribution in [-0.2, 0) is 19.6 Å². The Kier molecular flexibility index (Phi) is 5.76. The van der Waals surface area contributed by atoms with Crippen molar-refractivity contribution < 1.29 is 23.1 Å². The largest absolute Gasteiger partial charge is 0.480 e. The van der Waals surface area contributed by atoms with Crippen molar-refractivity contribution in [3.05, 3.63) is 42.5 Å². The van der Waals surface area contributed by atoms with E-state index in [1.807, 2.05) is 24.3 Å². The molecular formula is C19H22N2O5S. The maximum atomic E-state index is 12.4. The number of carbonyl (C=O) groups is 2. The number of hydrogen-bond acceptors (Lipinski definition) is 4. The SMILES string of the molecule is O=C(CCNS(=O)(=O)c1ccc2ccccc2c1)NC(CC1CC1)C(=O)O. The first-order chi connectivity index (χ1) is 12.8. The van der Waals surface area contributed by atoms with E-state index in [1.165, 1.54) is 6.07 Å². The van der Waals surface area contributed by atoms with Crippen molar-refractivity contribution in [2.75, 3.05) is 6.54 Å². The van der Waals surface area contributed by atoms with Gasteiger partial charge in [-0.25, -0.2) is 17.9 Å². The lowest BCUT2D eigenvalue weighted by Crippen LogP contribution is -2.42. The standard InChI is InChI=1S/C19H22N2O5S/c22-18(21-17(19(23)24)11-13-5-6-13)9-10-20-27(25,26)16-8-7-14-3-1-2-4-15(14)12-16/h1-4,7-8,12-13,17,20H,5-6,9-11H2,(H,21,22)(H,23,24). The molecule has 1 atom stereocenters. The molecule has 1 amide bonds. The number of carboxylic acid groups (broad SMARTS) is 1. The highest BCUT2D eigenvalue weighted by Gasteiger charge is 2.30. The van der Waals surface area contributed by atoms with Crippen LogP contribution in [0.5, 0.6) is 0 Å². The number of sulfonamides is 1. The maximum absolute atomic E-state index is 12.4. The number of hydrogen-bond donors (Lipinski definition) is 3. The van der Waals surface area contributed by atoms with Gasteiger partial charge in [-0.05, 0) is 35.2 Å². The number of carboxylic acids is 1. The summed E-state index contributed by atoms with van der Waals surface area (Å²) in [6, 6.07) is 11.3. The molecule has 0 aliphatic heterocycles. The molecule has 3 rings (SSSR count). The fourth-order valence-electron chi connectivity index (χ4n) is 2.89. The van der Waals surface area contributed by atoms with Gasteiger partial charge in [-0.1, -0.05) is 43.2 Å². The van der Waals surface area contributed by atoms with Gasteiger partial charge in [0.15, 0.2) is 0 Å². The number of benzene rings is 2. The number of carbonyl (C=O) groups excluding carboxylic acids is 1. The molecule has 0 aromatic heterocycles. The molecule has 1 aliphatic carbocycles. The summed E-state index contributed by atoms with van der Waals surface area (Å²) in [6.07, 6.45) is 2.28. The Balaban J connectivity index is 1.54. The van der Waals surface area contributed by atoms with E-state index in [9.17, 15) is 18.0 Å². The highest BCUT2D eigenvalue weighted by atomic mass is 32.2. The Bertz CT molecular complexity index is 953. The highest BCUT2D eigenvalue weighted by Crippen LogP contribution is 2.33. The Morgan fingerprint density at radius 3 is 2.48 bits per heavy atom. The molecule has 0 bridgehead atoms. The summed E-state index contributed by atoms with van der Waals surface area (Å²) in [7, 11) is -3.75. The minimum Gasteiger partial charge on any atom is -0.480 e. The average molecular weight is 390 g/mol. The zero-order valence-electron chi connectivity index (χ0n) is 14.7. The average Bonchev–Trinajstić information content (AvgIpc) is 3.44. The van der Waals surface area contributed by atoms with Crippen LogP contribution in [0.4, 0.5) is 0 Å². The second-order valence-corrected chi connectivity index (χ2v) is 8.56. The van der Waals surface area contributed by atoms with Crippen molar-refractivity contribution in [3.63, 3.8) is 0 Å². The third kappa shape index (κ3) is 5.27. The van der Waals surface area contributed by atoms with Crippen LogP contribution in [0, 0.1) is 5.92 Å². The highest BCUT2D eigenvalue weighted by molar-refractivity contribution is 7.89. The van der Waals surface area contributed by atoms with E-state index in [0.29, 0.717) is 12.3 Å². The number of amides is 1. The van der Waals surface area contributed by atoms with Crippen molar-refractivity contribution in [2.24, 2.45) is 5.92 Å². The maximum Gasteiger partial charge on any atom is 0.326 e. The van der Waals surface area contributed by atoms with Crippen LogP contribution in [0.25, 0.3) is 10.8 Å². The molecule has 144 valence electrons. The third-order valence-corrected chi connectivity index (χ3v) is 6.03. The molecule has 2 aromatic rings. The zero-order valence-corrected chi connectivity index (χ0v) is 15.5. The van der Waals surface area contributed by atoms with Crippen LogP contribution in [0.1, 0.15) is 25.7 Å². The van der Waals surface area contributed by atoms with Crippen LogP contribution in [0.15, 0.2) is 47.4 Å². The topological polar surface area (TPSA) is 113 Å². The van der Waals surface area contributed by atoms with Crippen molar-refractivity contribution in [3.8, 4) is 0 Å². The lowest BCUT2D eigenvalue weighted by Gasteiger charge is -2.14. The summed E-state index contributed by atoms with van der Waals surface area (Å²) in [5.74, 6) is -1.19. The van der Waals surface area contributed by atoms with Crippen LogP contribution < -0.4 is 10.0 Å². The summed E-state index contributed by atoms with van der Waals surface area (Å²) in [4.78, 5) is 23.3. The molecule has 0 spiro atoms. The van der Waals surface area contributed by atoms with E-state index in [0.717, 1.165) is 23.6 Å². The summed E-state index contributed by atoms with van der Waals surface area (Å²) >= 11 is 0. The van der Waals surface area contributed by atoms with Crippen molar-refractivity contribution in [2.45, 2.75) is 36.6 Å². The molecule has 1 fully saturated rings. The molecule has 0 radical (unpaired) electrons. The fourth-order valence-corrected chi connectivity index (χ4v) is 3.96. The molecule has 1 unspecified atom stereocenters. The summed E-state index contributed by atoms with van der Waals surface area (Å²) in [5, 5.41) is 13.4. The van der Waals surface area contributed by atoms with E-state index in [1.54, 1.807) is 12.1 Å². The zero-order chi connectivity index (χ0) is 19.4. The monoisotopic (exact) mass is 390 g/mol. The van der Waals surface area contributed by atoms with Crippen LogP contribution in [0.3, 0.4) is 0 Å². The van der Waals surface area contributed by atoms with Gasteiger partial charge in [-0.3, -0.25) is 4.79 Å². The van der Waals surface area contributed by atoms with Gasteiger partial charge < -0.3 is 10.4 Å². The molecule has 2 aromatic carbocycles. The number of fused-ring (bicyclic) bond motifs is 1. The van der Waals surface area contributed by atoms with Crippen LogP contribution in [-0.4, -0.2) is 38.0 Å². The van der Waals surface area contributed by atoms with Crippen LogP contribution in [0.2, 0.25) is 0 Å². The quantitative estimate of drug-likeness (QED) is 0.605. The minimum absolute atomic E-state index is 0.100. The molecule has 7 nitrogen and oxygen atoms in total. The molecular weight excluding hydrogens is 368 g/mol. The van der Waals surface area contributed by atoms with Gasteiger partial charge >= 0.3 is 5.97 Å². The lowest BCUT2D eigenvalue weighted by molar-refractivity contribution is -0.142. The number of aliphatic carboxylic acids is 1. The van der Waals surface area contributed by atoms with Gasteiger partial charge in [0.1, 0.15) is 6.04 Å². The second-order valence-electron chi connectivity index (χ2n) is 6.79. The molecule has 0 saturated heterocycles. The number of rotatable bonds is 9.